The number of hydrogen-bond donors (Lipinski definition) is 2. The molecule has 1 aliphatic rings. The van der Waals surface area contributed by atoms with Crippen molar-refractivity contribution in [1.82, 2.24) is 10.2 Å². The minimum atomic E-state index is -0.431. The monoisotopic (exact) mass is 342 g/mol. The van der Waals surface area contributed by atoms with Crippen molar-refractivity contribution in [1.29, 1.82) is 0 Å². The fourth-order valence-corrected chi connectivity index (χ4v) is 2.95. The fraction of sp³-hybridized carbons (Fsp3) is 0.263. The number of halogens is 1. The summed E-state index contributed by atoms with van der Waals surface area (Å²) in [7, 11) is 0. The molecule has 0 saturated carbocycles. The van der Waals surface area contributed by atoms with Gasteiger partial charge in [0.2, 0.25) is 0 Å². The molecule has 0 radical (unpaired) electrons. The van der Waals surface area contributed by atoms with Gasteiger partial charge in [0, 0.05) is 30.3 Å². The molecule has 0 unspecified atom stereocenters. The van der Waals surface area contributed by atoms with Crippen molar-refractivity contribution >= 4 is 11.8 Å². The largest absolute Gasteiger partial charge is 0.508 e. The van der Waals surface area contributed by atoms with Crippen molar-refractivity contribution in [3.8, 4) is 5.75 Å². The van der Waals surface area contributed by atoms with E-state index in [1.54, 1.807) is 23.1 Å². The highest BCUT2D eigenvalue weighted by molar-refractivity contribution is 5.95. The molecule has 6 heteroatoms. The van der Waals surface area contributed by atoms with E-state index in [-0.39, 0.29) is 23.6 Å². The van der Waals surface area contributed by atoms with Gasteiger partial charge in [0.05, 0.1) is 0 Å². The molecule has 0 spiro atoms. The van der Waals surface area contributed by atoms with Gasteiger partial charge in [-0.2, -0.15) is 0 Å². The molecule has 0 bridgehead atoms. The van der Waals surface area contributed by atoms with Gasteiger partial charge in [-0.25, -0.2) is 4.39 Å². The average Bonchev–Trinajstić information content (AvgIpc) is 2.62. The molecule has 1 fully saturated rings. The Morgan fingerprint density at radius 1 is 1.04 bits per heavy atom. The Hall–Kier alpha value is -2.89. The molecular formula is C19H19FN2O3. The summed E-state index contributed by atoms with van der Waals surface area (Å²) >= 11 is 0. The Bertz CT molecular complexity index is 786. The molecular weight excluding hydrogens is 323 g/mol. The maximum Gasteiger partial charge on any atom is 0.253 e. The summed E-state index contributed by atoms with van der Waals surface area (Å²) < 4.78 is 13.3. The van der Waals surface area contributed by atoms with Crippen LogP contribution in [0, 0.1) is 5.82 Å². The number of likely N-dealkylation sites (tertiary alicyclic amines) is 1. The van der Waals surface area contributed by atoms with E-state index in [0.717, 1.165) is 0 Å². The first-order valence-corrected chi connectivity index (χ1v) is 8.17. The van der Waals surface area contributed by atoms with E-state index in [2.05, 4.69) is 5.32 Å². The van der Waals surface area contributed by atoms with Gasteiger partial charge >= 0.3 is 0 Å². The second-order valence-corrected chi connectivity index (χ2v) is 6.10. The van der Waals surface area contributed by atoms with Crippen LogP contribution in [0.3, 0.4) is 0 Å². The lowest BCUT2D eigenvalue weighted by Crippen LogP contribution is -2.46. The second-order valence-electron chi connectivity index (χ2n) is 6.10. The molecule has 2 amide bonds. The molecule has 2 aromatic carbocycles. The van der Waals surface area contributed by atoms with E-state index in [4.69, 9.17) is 0 Å². The van der Waals surface area contributed by atoms with Crippen LogP contribution in [0.4, 0.5) is 4.39 Å². The third kappa shape index (κ3) is 4.15. The van der Waals surface area contributed by atoms with E-state index in [1.165, 1.54) is 30.3 Å². The number of phenolic OH excluding ortho intramolecular Hbond substituents is 1. The Morgan fingerprint density at radius 2 is 1.72 bits per heavy atom. The summed E-state index contributed by atoms with van der Waals surface area (Å²) in [4.78, 5) is 26.3. The van der Waals surface area contributed by atoms with Crippen molar-refractivity contribution < 1.29 is 19.1 Å². The summed E-state index contributed by atoms with van der Waals surface area (Å²) in [6.07, 6.45) is 1.26. The summed E-state index contributed by atoms with van der Waals surface area (Å²) in [6.45, 7) is 1.00. The summed E-state index contributed by atoms with van der Waals surface area (Å²) in [6, 6.07) is 11.8. The number of nitrogens with zero attached hydrogens (tertiary/aromatic N) is 1. The van der Waals surface area contributed by atoms with E-state index in [1.807, 2.05) is 0 Å². The summed E-state index contributed by atoms with van der Waals surface area (Å²) in [5, 5.41) is 12.4. The van der Waals surface area contributed by atoms with Gasteiger partial charge in [0.25, 0.3) is 11.8 Å². The van der Waals surface area contributed by atoms with Crippen LogP contribution < -0.4 is 5.32 Å². The zero-order valence-corrected chi connectivity index (χ0v) is 13.6. The smallest absolute Gasteiger partial charge is 0.253 e. The van der Waals surface area contributed by atoms with Crippen molar-refractivity contribution in [3.05, 3.63) is 65.5 Å². The highest BCUT2D eigenvalue weighted by Gasteiger charge is 2.25. The lowest BCUT2D eigenvalue weighted by molar-refractivity contribution is 0.0697. The van der Waals surface area contributed by atoms with Crippen molar-refractivity contribution in [3.63, 3.8) is 0 Å². The summed E-state index contributed by atoms with van der Waals surface area (Å²) in [5.41, 5.74) is 0.737. The predicted octanol–water partition coefficient (Wildman–Crippen LogP) is 2.57. The van der Waals surface area contributed by atoms with E-state index in [9.17, 15) is 19.1 Å². The third-order valence-electron chi connectivity index (χ3n) is 4.30. The maximum absolute atomic E-state index is 13.3. The SMILES string of the molecule is O=C(NC1CCN(C(=O)c2cccc(F)c2)CC1)c1cccc(O)c1. The molecule has 0 aromatic heterocycles. The minimum Gasteiger partial charge on any atom is -0.508 e. The van der Waals surface area contributed by atoms with Crippen molar-refractivity contribution in [2.24, 2.45) is 0 Å². The molecule has 1 saturated heterocycles. The van der Waals surface area contributed by atoms with Crippen LogP contribution in [0.1, 0.15) is 33.6 Å². The zero-order valence-electron chi connectivity index (χ0n) is 13.6. The van der Waals surface area contributed by atoms with Crippen LogP contribution in [-0.2, 0) is 0 Å². The van der Waals surface area contributed by atoms with Crippen LogP contribution >= 0.6 is 0 Å². The Kier molecular flexibility index (Phi) is 4.97. The Labute approximate surface area is 145 Å². The molecule has 25 heavy (non-hydrogen) atoms. The molecule has 2 N–H and O–H groups in total. The average molecular weight is 342 g/mol. The number of nitrogens with one attached hydrogen (secondary N) is 1. The highest BCUT2D eigenvalue weighted by Crippen LogP contribution is 2.16. The van der Waals surface area contributed by atoms with Gasteiger partial charge in [-0.05, 0) is 49.2 Å². The molecule has 3 rings (SSSR count). The normalized spacial score (nSPS) is 15.0. The number of benzene rings is 2. The highest BCUT2D eigenvalue weighted by atomic mass is 19.1. The number of phenols is 1. The first-order valence-electron chi connectivity index (χ1n) is 8.17. The fourth-order valence-electron chi connectivity index (χ4n) is 2.95. The van der Waals surface area contributed by atoms with E-state index >= 15 is 0 Å². The summed E-state index contributed by atoms with van der Waals surface area (Å²) in [5.74, 6) is -0.828. The van der Waals surface area contributed by atoms with Crippen LogP contribution in [0.2, 0.25) is 0 Å². The predicted molar refractivity (Wildman–Crippen MR) is 90.9 cm³/mol. The standard InChI is InChI=1S/C19H19FN2O3/c20-15-5-1-4-14(11-15)19(25)22-9-7-16(8-10-22)21-18(24)13-3-2-6-17(23)12-13/h1-6,11-12,16,23H,7-10H2,(H,21,24). The lowest BCUT2D eigenvalue weighted by atomic mass is 10.0. The number of rotatable bonds is 3. The van der Waals surface area contributed by atoms with Gasteiger partial charge in [-0.15, -0.1) is 0 Å². The second kappa shape index (κ2) is 7.34. The van der Waals surface area contributed by atoms with Crippen LogP contribution in [0.15, 0.2) is 48.5 Å². The number of aromatic hydroxyl groups is 1. The number of piperidine rings is 1. The van der Waals surface area contributed by atoms with Gasteiger partial charge in [-0.1, -0.05) is 12.1 Å². The Balaban J connectivity index is 1.55. The molecule has 1 heterocycles. The van der Waals surface area contributed by atoms with Crippen LogP contribution in [0.5, 0.6) is 5.75 Å². The molecule has 1 aliphatic heterocycles. The Morgan fingerprint density at radius 3 is 2.40 bits per heavy atom. The molecule has 0 aliphatic carbocycles. The number of amides is 2. The first kappa shape index (κ1) is 17.0. The lowest BCUT2D eigenvalue weighted by Gasteiger charge is -2.32. The maximum atomic E-state index is 13.3. The van der Waals surface area contributed by atoms with E-state index < -0.39 is 5.82 Å². The molecule has 5 nitrogen and oxygen atoms in total. The quantitative estimate of drug-likeness (QED) is 0.901. The number of carbonyl (C=O) groups excluding carboxylic acids is 2. The molecule has 2 aromatic rings. The van der Waals surface area contributed by atoms with Gasteiger partial charge in [0.1, 0.15) is 11.6 Å². The third-order valence-corrected chi connectivity index (χ3v) is 4.30. The topological polar surface area (TPSA) is 69.6 Å². The number of carbonyl (C=O) groups is 2. The molecule has 0 atom stereocenters. The number of hydrogen-bond acceptors (Lipinski definition) is 3. The van der Waals surface area contributed by atoms with Crippen molar-refractivity contribution in [2.75, 3.05) is 13.1 Å². The minimum absolute atomic E-state index is 0.0357. The molecule has 130 valence electrons. The van der Waals surface area contributed by atoms with Crippen LogP contribution in [0.25, 0.3) is 0 Å². The van der Waals surface area contributed by atoms with Gasteiger partial charge in [0.15, 0.2) is 0 Å². The first-order chi connectivity index (χ1) is 12.0. The van der Waals surface area contributed by atoms with Crippen LogP contribution in [-0.4, -0.2) is 41.0 Å². The van der Waals surface area contributed by atoms with Gasteiger partial charge in [-0.3, -0.25) is 9.59 Å². The van der Waals surface area contributed by atoms with E-state index in [0.29, 0.717) is 37.1 Å². The van der Waals surface area contributed by atoms with Crippen molar-refractivity contribution in [2.45, 2.75) is 18.9 Å². The zero-order chi connectivity index (χ0) is 17.8. The van der Waals surface area contributed by atoms with Gasteiger partial charge < -0.3 is 15.3 Å².